The number of likely N-dealkylation sites (tertiary alicyclic amines) is 1. The van der Waals surface area contributed by atoms with Crippen LogP contribution in [0.2, 0.25) is 0 Å². The summed E-state index contributed by atoms with van der Waals surface area (Å²) in [7, 11) is 0. The third-order valence-electron chi connectivity index (χ3n) is 4.27. The van der Waals surface area contributed by atoms with E-state index in [1.165, 1.54) is 6.92 Å². The van der Waals surface area contributed by atoms with E-state index in [4.69, 9.17) is 5.11 Å². The van der Waals surface area contributed by atoms with E-state index in [2.05, 4.69) is 22.5 Å². The Morgan fingerprint density at radius 2 is 1.90 bits per heavy atom. The van der Waals surface area contributed by atoms with Crippen molar-refractivity contribution >= 4 is 12.0 Å². The van der Waals surface area contributed by atoms with Crippen LogP contribution in [-0.2, 0) is 4.79 Å². The first-order chi connectivity index (χ1) is 9.41. The number of hydrogen-bond donors (Lipinski definition) is 3. The summed E-state index contributed by atoms with van der Waals surface area (Å²) < 4.78 is 0. The molecule has 0 bridgehead atoms. The van der Waals surface area contributed by atoms with E-state index in [9.17, 15) is 9.59 Å². The molecule has 1 aliphatic heterocycles. The minimum atomic E-state index is -1.20. The molecule has 2 amide bonds. The molecule has 0 aromatic carbocycles. The number of piperidine rings is 1. The SMILES string of the molecule is CCN1CCC(CNC(=O)NC(C)(CC)C(=O)O)CC1. The molecule has 0 aromatic rings. The van der Waals surface area contributed by atoms with Gasteiger partial charge in [-0.05, 0) is 51.7 Å². The number of carboxylic acid groups (broad SMARTS) is 1. The Hall–Kier alpha value is -1.30. The van der Waals surface area contributed by atoms with Crippen LogP contribution in [0.15, 0.2) is 0 Å². The number of hydrogen-bond acceptors (Lipinski definition) is 3. The smallest absolute Gasteiger partial charge is 0.329 e. The highest BCUT2D eigenvalue weighted by molar-refractivity contribution is 5.85. The topological polar surface area (TPSA) is 81.7 Å². The van der Waals surface area contributed by atoms with Gasteiger partial charge in [0.05, 0.1) is 0 Å². The third kappa shape index (κ3) is 4.67. The van der Waals surface area contributed by atoms with Gasteiger partial charge in [-0.15, -0.1) is 0 Å². The molecule has 1 atom stereocenters. The second-order valence-corrected chi connectivity index (χ2v) is 5.70. The Bertz CT molecular complexity index is 341. The van der Waals surface area contributed by atoms with Crippen LogP contribution >= 0.6 is 0 Å². The van der Waals surface area contributed by atoms with E-state index in [0.717, 1.165) is 32.5 Å². The summed E-state index contributed by atoms with van der Waals surface area (Å²) in [5.41, 5.74) is -1.20. The lowest BCUT2D eigenvalue weighted by atomic mass is 9.97. The van der Waals surface area contributed by atoms with Crippen LogP contribution in [0, 0.1) is 5.92 Å². The number of nitrogens with one attached hydrogen (secondary N) is 2. The number of carbonyl (C=O) groups excluding carboxylic acids is 1. The molecule has 6 heteroatoms. The van der Waals surface area contributed by atoms with Crippen molar-refractivity contribution in [3.05, 3.63) is 0 Å². The summed E-state index contributed by atoms with van der Waals surface area (Å²) in [6.45, 7) is 9.27. The van der Waals surface area contributed by atoms with E-state index in [1.54, 1.807) is 6.92 Å². The van der Waals surface area contributed by atoms with Crippen molar-refractivity contribution in [3.8, 4) is 0 Å². The Kier molecular flexibility index (Phi) is 6.26. The lowest BCUT2D eigenvalue weighted by molar-refractivity contribution is -0.143. The first kappa shape index (κ1) is 16.8. The van der Waals surface area contributed by atoms with E-state index < -0.39 is 17.5 Å². The Labute approximate surface area is 120 Å². The zero-order chi connectivity index (χ0) is 15.2. The van der Waals surface area contributed by atoms with Crippen LogP contribution < -0.4 is 10.6 Å². The predicted molar refractivity (Wildman–Crippen MR) is 77.7 cm³/mol. The van der Waals surface area contributed by atoms with E-state index in [-0.39, 0.29) is 0 Å². The minimum absolute atomic E-state index is 0.352. The van der Waals surface area contributed by atoms with Gasteiger partial charge in [0.15, 0.2) is 0 Å². The van der Waals surface area contributed by atoms with Gasteiger partial charge < -0.3 is 20.6 Å². The first-order valence-corrected chi connectivity index (χ1v) is 7.43. The highest BCUT2D eigenvalue weighted by Gasteiger charge is 2.32. The Balaban J connectivity index is 2.32. The third-order valence-corrected chi connectivity index (χ3v) is 4.27. The number of aliphatic carboxylic acids is 1. The summed E-state index contributed by atoms with van der Waals surface area (Å²) in [4.78, 5) is 25.3. The highest BCUT2D eigenvalue weighted by Crippen LogP contribution is 2.16. The number of nitrogens with zero attached hydrogens (tertiary/aromatic N) is 1. The van der Waals surface area contributed by atoms with E-state index >= 15 is 0 Å². The van der Waals surface area contributed by atoms with Crippen LogP contribution in [-0.4, -0.2) is 53.7 Å². The summed E-state index contributed by atoms with van der Waals surface area (Å²) in [5, 5.41) is 14.4. The molecule has 6 nitrogen and oxygen atoms in total. The molecule has 1 fully saturated rings. The monoisotopic (exact) mass is 285 g/mol. The molecule has 0 aromatic heterocycles. The largest absolute Gasteiger partial charge is 0.480 e. The second-order valence-electron chi connectivity index (χ2n) is 5.70. The van der Waals surface area contributed by atoms with E-state index in [1.807, 2.05) is 0 Å². The molecule has 1 saturated heterocycles. The Morgan fingerprint density at radius 1 is 1.30 bits per heavy atom. The van der Waals surface area contributed by atoms with Crippen LogP contribution in [0.3, 0.4) is 0 Å². The lowest BCUT2D eigenvalue weighted by Crippen LogP contribution is -2.55. The summed E-state index contributed by atoms with van der Waals surface area (Å²) in [5.74, 6) is -0.521. The normalized spacial score (nSPS) is 20.1. The highest BCUT2D eigenvalue weighted by atomic mass is 16.4. The molecular weight excluding hydrogens is 258 g/mol. The molecule has 0 radical (unpaired) electrons. The second kappa shape index (κ2) is 7.47. The zero-order valence-electron chi connectivity index (χ0n) is 12.7. The van der Waals surface area contributed by atoms with Crippen molar-refractivity contribution in [3.63, 3.8) is 0 Å². The summed E-state index contributed by atoms with van der Waals surface area (Å²) in [6.07, 6.45) is 2.51. The maximum Gasteiger partial charge on any atom is 0.329 e. The van der Waals surface area contributed by atoms with Crippen molar-refractivity contribution in [2.75, 3.05) is 26.2 Å². The van der Waals surface area contributed by atoms with Crippen molar-refractivity contribution in [2.24, 2.45) is 5.92 Å². The van der Waals surface area contributed by atoms with Crippen LogP contribution in [0.4, 0.5) is 4.79 Å². The van der Waals surface area contributed by atoms with E-state index in [0.29, 0.717) is 18.9 Å². The summed E-state index contributed by atoms with van der Waals surface area (Å²) >= 11 is 0. The van der Waals surface area contributed by atoms with Crippen LogP contribution in [0.25, 0.3) is 0 Å². The van der Waals surface area contributed by atoms with Crippen molar-refractivity contribution in [2.45, 2.75) is 45.6 Å². The molecule has 0 spiro atoms. The summed E-state index contributed by atoms with van der Waals surface area (Å²) in [6, 6.07) is -0.394. The maximum atomic E-state index is 11.8. The molecule has 0 saturated carbocycles. The van der Waals surface area contributed by atoms with Gasteiger partial charge in [-0.25, -0.2) is 9.59 Å². The fourth-order valence-electron chi connectivity index (χ4n) is 2.33. The number of carbonyl (C=O) groups is 2. The predicted octanol–water partition coefficient (Wildman–Crippen LogP) is 1.27. The Morgan fingerprint density at radius 3 is 2.35 bits per heavy atom. The standard InChI is InChI=1S/C14H27N3O3/c1-4-14(3,12(18)19)16-13(20)15-10-11-6-8-17(5-2)9-7-11/h11H,4-10H2,1-3H3,(H,18,19)(H2,15,16,20). The van der Waals surface area contributed by atoms with Gasteiger partial charge in [-0.2, -0.15) is 0 Å². The first-order valence-electron chi connectivity index (χ1n) is 7.43. The fourth-order valence-corrected chi connectivity index (χ4v) is 2.33. The average molecular weight is 285 g/mol. The number of carboxylic acids is 1. The molecule has 0 aliphatic carbocycles. The van der Waals surface area contributed by atoms with Gasteiger partial charge in [0, 0.05) is 6.54 Å². The van der Waals surface area contributed by atoms with Crippen molar-refractivity contribution < 1.29 is 14.7 Å². The van der Waals surface area contributed by atoms with Gasteiger partial charge in [0.25, 0.3) is 0 Å². The van der Waals surface area contributed by atoms with Gasteiger partial charge in [0.1, 0.15) is 5.54 Å². The quantitative estimate of drug-likeness (QED) is 0.686. The van der Waals surface area contributed by atoms with Gasteiger partial charge >= 0.3 is 12.0 Å². The number of rotatable bonds is 6. The maximum absolute atomic E-state index is 11.8. The molecule has 116 valence electrons. The van der Waals surface area contributed by atoms with Gasteiger partial charge in [0.2, 0.25) is 0 Å². The van der Waals surface area contributed by atoms with Gasteiger partial charge in [-0.3, -0.25) is 0 Å². The molecule has 1 heterocycles. The molecule has 1 rings (SSSR count). The molecule has 1 unspecified atom stereocenters. The fraction of sp³-hybridized carbons (Fsp3) is 0.857. The lowest BCUT2D eigenvalue weighted by Gasteiger charge is -2.31. The average Bonchev–Trinajstić information content (AvgIpc) is 2.45. The van der Waals surface area contributed by atoms with Crippen LogP contribution in [0.1, 0.15) is 40.0 Å². The van der Waals surface area contributed by atoms with Crippen molar-refractivity contribution in [1.82, 2.24) is 15.5 Å². The molecular formula is C14H27N3O3. The number of urea groups is 1. The molecule has 3 N–H and O–H groups in total. The minimum Gasteiger partial charge on any atom is -0.480 e. The molecule has 1 aliphatic rings. The van der Waals surface area contributed by atoms with Gasteiger partial charge in [-0.1, -0.05) is 13.8 Å². The molecule has 20 heavy (non-hydrogen) atoms. The number of amides is 2. The van der Waals surface area contributed by atoms with Crippen molar-refractivity contribution in [1.29, 1.82) is 0 Å². The van der Waals surface area contributed by atoms with Crippen LogP contribution in [0.5, 0.6) is 0 Å². The zero-order valence-corrected chi connectivity index (χ0v) is 12.7.